The molecule has 2 rings (SSSR count). The molecule has 1 aromatic heterocycles. The van der Waals surface area contributed by atoms with E-state index in [0.717, 1.165) is 36.5 Å². The molecule has 0 atom stereocenters. The van der Waals surface area contributed by atoms with Crippen molar-refractivity contribution >= 4 is 17.4 Å². The van der Waals surface area contributed by atoms with Crippen LogP contribution in [0.4, 0.5) is 0 Å². The monoisotopic (exact) mass is 197 g/mol. The highest BCUT2D eigenvalue weighted by atomic mass is 32.1. The van der Waals surface area contributed by atoms with Crippen molar-refractivity contribution in [3.63, 3.8) is 0 Å². The van der Waals surface area contributed by atoms with Gasteiger partial charge in [-0.05, 0) is 24.4 Å². The number of amides is 1. The third-order valence-electron chi connectivity index (χ3n) is 2.23. The van der Waals surface area contributed by atoms with E-state index in [1.54, 1.807) is 0 Å². The summed E-state index contributed by atoms with van der Waals surface area (Å²) < 4.78 is 3.80. The second kappa shape index (κ2) is 3.41. The Morgan fingerprint density at radius 2 is 2.38 bits per heavy atom. The smallest absolute Gasteiger partial charge is 0.267 e. The first kappa shape index (κ1) is 8.62. The molecular formula is C8H11N3OS. The van der Waals surface area contributed by atoms with Crippen molar-refractivity contribution in [1.82, 2.24) is 14.5 Å². The maximum Gasteiger partial charge on any atom is 0.267 e. The molecule has 1 fully saturated rings. The summed E-state index contributed by atoms with van der Waals surface area (Å²) in [5.41, 5.74) is 0.835. The fourth-order valence-corrected chi connectivity index (χ4v) is 1.98. The first-order valence-electron chi connectivity index (χ1n) is 4.43. The van der Waals surface area contributed by atoms with Gasteiger partial charge in [0.05, 0.1) is 5.69 Å². The van der Waals surface area contributed by atoms with Crippen LogP contribution in [0.15, 0.2) is 0 Å². The first-order chi connectivity index (χ1) is 6.33. The predicted molar refractivity (Wildman–Crippen MR) is 49.8 cm³/mol. The number of aromatic nitrogens is 2. The van der Waals surface area contributed by atoms with E-state index in [0.29, 0.717) is 0 Å². The molecule has 1 aliphatic heterocycles. The zero-order valence-electron chi connectivity index (χ0n) is 7.49. The van der Waals surface area contributed by atoms with Crippen molar-refractivity contribution < 1.29 is 4.79 Å². The Bertz CT molecular complexity index is 319. The van der Waals surface area contributed by atoms with E-state index in [4.69, 9.17) is 0 Å². The van der Waals surface area contributed by atoms with Gasteiger partial charge in [0, 0.05) is 13.1 Å². The molecule has 0 aromatic carbocycles. The van der Waals surface area contributed by atoms with Gasteiger partial charge in [-0.1, -0.05) is 11.4 Å². The van der Waals surface area contributed by atoms with Crippen LogP contribution in [0.2, 0.25) is 0 Å². The van der Waals surface area contributed by atoms with Gasteiger partial charge in [0.2, 0.25) is 0 Å². The van der Waals surface area contributed by atoms with Crippen LogP contribution in [-0.2, 0) is 6.42 Å². The van der Waals surface area contributed by atoms with E-state index in [9.17, 15) is 4.79 Å². The first-order valence-corrected chi connectivity index (χ1v) is 5.20. The van der Waals surface area contributed by atoms with Crippen molar-refractivity contribution in [2.24, 2.45) is 0 Å². The normalized spacial score (nSPS) is 15.6. The summed E-state index contributed by atoms with van der Waals surface area (Å²) in [4.78, 5) is 14.3. The maximum atomic E-state index is 11.7. The molecule has 70 valence electrons. The minimum Gasteiger partial charge on any atom is -0.338 e. The van der Waals surface area contributed by atoms with E-state index in [-0.39, 0.29) is 5.91 Å². The summed E-state index contributed by atoms with van der Waals surface area (Å²) in [6, 6.07) is 0. The van der Waals surface area contributed by atoms with Gasteiger partial charge in [0.1, 0.15) is 4.88 Å². The van der Waals surface area contributed by atoms with Crippen molar-refractivity contribution in [1.29, 1.82) is 0 Å². The molecule has 0 unspecified atom stereocenters. The molecule has 0 spiro atoms. The summed E-state index contributed by atoms with van der Waals surface area (Å²) in [6.45, 7) is 3.77. The molecule has 0 bridgehead atoms. The molecule has 1 aliphatic rings. The second-order valence-electron chi connectivity index (χ2n) is 3.05. The van der Waals surface area contributed by atoms with Crippen LogP contribution < -0.4 is 0 Å². The van der Waals surface area contributed by atoms with Gasteiger partial charge in [-0.25, -0.2) is 0 Å². The number of likely N-dealkylation sites (tertiary alicyclic amines) is 1. The summed E-state index contributed by atoms with van der Waals surface area (Å²) in [6.07, 6.45) is 1.91. The van der Waals surface area contributed by atoms with Crippen LogP contribution in [0.1, 0.15) is 28.7 Å². The SMILES string of the molecule is CCc1nnsc1C(=O)N1CCC1. The van der Waals surface area contributed by atoms with Gasteiger partial charge in [-0.3, -0.25) is 4.79 Å². The van der Waals surface area contributed by atoms with E-state index < -0.39 is 0 Å². The average Bonchev–Trinajstić information content (AvgIpc) is 2.47. The van der Waals surface area contributed by atoms with Crippen LogP contribution in [0, 0.1) is 0 Å². The number of rotatable bonds is 2. The number of hydrogen-bond acceptors (Lipinski definition) is 4. The van der Waals surface area contributed by atoms with Crippen LogP contribution in [0.5, 0.6) is 0 Å². The summed E-state index contributed by atoms with van der Waals surface area (Å²) >= 11 is 1.21. The molecule has 0 saturated carbocycles. The summed E-state index contributed by atoms with van der Waals surface area (Å²) in [7, 11) is 0. The lowest BCUT2D eigenvalue weighted by Gasteiger charge is -2.30. The number of nitrogens with zero attached hydrogens (tertiary/aromatic N) is 3. The van der Waals surface area contributed by atoms with Gasteiger partial charge in [0.25, 0.3) is 5.91 Å². The number of aryl methyl sites for hydroxylation is 1. The number of carbonyl (C=O) groups excluding carboxylic acids is 1. The van der Waals surface area contributed by atoms with Crippen molar-refractivity contribution in [3.05, 3.63) is 10.6 Å². The van der Waals surface area contributed by atoms with E-state index in [1.165, 1.54) is 11.5 Å². The highest BCUT2D eigenvalue weighted by molar-refractivity contribution is 7.08. The molecular weight excluding hydrogens is 186 g/mol. The zero-order valence-corrected chi connectivity index (χ0v) is 8.30. The van der Waals surface area contributed by atoms with Gasteiger partial charge in [0.15, 0.2) is 0 Å². The lowest BCUT2D eigenvalue weighted by Crippen LogP contribution is -2.42. The minimum atomic E-state index is 0.109. The van der Waals surface area contributed by atoms with Crippen LogP contribution in [0.3, 0.4) is 0 Å². The van der Waals surface area contributed by atoms with E-state index in [1.807, 2.05) is 11.8 Å². The van der Waals surface area contributed by atoms with Gasteiger partial charge in [-0.2, -0.15) is 0 Å². The van der Waals surface area contributed by atoms with Crippen LogP contribution in [0.25, 0.3) is 0 Å². The molecule has 13 heavy (non-hydrogen) atoms. The predicted octanol–water partition coefficient (Wildman–Crippen LogP) is 0.946. The van der Waals surface area contributed by atoms with E-state index in [2.05, 4.69) is 9.59 Å². The molecule has 2 heterocycles. The van der Waals surface area contributed by atoms with Crippen molar-refractivity contribution in [2.75, 3.05) is 13.1 Å². The highest BCUT2D eigenvalue weighted by Gasteiger charge is 2.25. The van der Waals surface area contributed by atoms with Crippen LogP contribution >= 0.6 is 11.5 Å². The Hall–Kier alpha value is -0.970. The van der Waals surface area contributed by atoms with Gasteiger partial charge in [-0.15, -0.1) is 5.10 Å². The van der Waals surface area contributed by atoms with Gasteiger partial charge < -0.3 is 4.90 Å². The quantitative estimate of drug-likeness (QED) is 0.709. The molecule has 0 radical (unpaired) electrons. The van der Waals surface area contributed by atoms with Crippen molar-refractivity contribution in [2.45, 2.75) is 19.8 Å². The Kier molecular flexibility index (Phi) is 2.26. The maximum absolute atomic E-state index is 11.7. The third kappa shape index (κ3) is 1.44. The molecule has 5 heteroatoms. The Labute approximate surface area is 80.7 Å². The Morgan fingerprint density at radius 1 is 1.62 bits per heavy atom. The second-order valence-corrected chi connectivity index (χ2v) is 3.80. The third-order valence-corrected chi connectivity index (χ3v) is 2.98. The lowest BCUT2D eigenvalue weighted by molar-refractivity contribution is 0.0655. The number of hydrogen-bond donors (Lipinski definition) is 0. The Morgan fingerprint density at radius 3 is 2.92 bits per heavy atom. The largest absolute Gasteiger partial charge is 0.338 e. The lowest BCUT2D eigenvalue weighted by atomic mass is 10.2. The molecule has 4 nitrogen and oxygen atoms in total. The summed E-state index contributed by atoms with van der Waals surface area (Å²) in [5, 5.41) is 3.92. The zero-order chi connectivity index (χ0) is 9.26. The molecule has 1 saturated heterocycles. The molecule has 1 aromatic rings. The number of carbonyl (C=O) groups is 1. The summed E-state index contributed by atoms with van der Waals surface area (Å²) in [5.74, 6) is 0.109. The van der Waals surface area contributed by atoms with Crippen LogP contribution in [-0.4, -0.2) is 33.5 Å². The fraction of sp³-hybridized carbons (Fsp3) is 0.625. The molecule has 1 amide bonds. The average molecular weight is 197 g/mol. The topological polar surface area (TPSA) is 46.1 Å². The Balaban J connectivity index is 2.18. The van der Waals surface area contributed by atoms with Gasteiger partial charge >= 0.3 is 0 Å². The minimum absolute atomic E-state index is 0.109. The van der Waals surface area contributed by atoms with Crippen molar-refractivity contribution in [3.8, 4) is 0 Å². The fourth-order valence-electron chi connectivity index (χ4n) is 1.27. The standard InChI is InChI=1S/C8H11N3OS/c1-2-6-7(13-10-9-6)8(12)11-4-3-5-11/h2-5H2,1H3. The molecule has 0 aliphatic carbocycles. The van der Waals surface area contributed by atoms with E-state index >= 15 is 0 Å². The molecule has 0 N–H and O–H groups in total. The highest BCUT2D eigenvalue weighted by Crippen LogP contribution is 2.17.